The van der Waals surface area contributed by atoms with Crippen molar-refractivity contribution in [1.29, 1.82) is 0 Å². The van der Waals surface area contributed by atoms with Gasteiger partial charge in [0.2, 0.25) is 5.82 Å². The van der Waals surface area contributed by atoms with Gasteiger partial charge in [0, 0.05) is 27.8 Å². The van der Waals surface area contributed by atoms with E-state index in [1.54, 1.807) is 11.3 Å². The van der Waals surface area contributed by atoms with Gasteiger partial charge >= 0.3 is 0 Å². The van der Waals surface area contributed by atoms with E-state index < -0.39 is 0 Å². The molecule has 184 valence electrons. The van der Waals surface area contributed by atoms with Crippen LogP contribution in [0.1, 0.15) is 55.0 Å². The molecular weight excluding hydrogens is 488 g/mol. The van der Waals surface area contributed by atoms with Crippen molar-refractivity contribution in [2.45, 2.75) is 32.4 Å². The lowest BCUT2D eigenvalue weighted by atomic mass is 10.0. The summed E-state index contributed by atoms with van der Waals surface area (Å²) in [5.74, 6) is -0.182. The maximum atomic E-state index is 13.0. The van der Waals surface area contributed by atoms with Crippen LogP contribution in [0.2, 0.25) is 0 Å². The minimum Gasteiger partial charge on any atom is -0.347 e. The van der Waals surface area contributed by atoms with Crippen molar-refractivity contribution in [2.75, 3.05) is 0 Å². The predicted molar refractivity (Wildman–Crippen MR) is 138 cm³/mol. The Morgan fingerprint density at radius 1 is 1.05 bits per heavy atom. The number of H-pyrrole nitrogens is 1. The lowest BCUT2D eigenvalue weighted by molar-refractivity contribution is 0.0931. The Morgan fingerprint density at radius 3 is 2.76 bits per heavy atom. The number of amides is 2. The summed E-state index contributed by atoms with van der Waals surface area (Å²) < 4.78 is 1.18. The van der Waals surface area contributed by atoms with Crippen LogP contribution < -0.4 is 10.6 Å². The van der Waals surface area contributed by atoms with E-state index in [1.807, 2.05) is 24.3 Å². The lowest BCUT2D eigenvalue weighted by Gasteiger charge is -2.14. The summed E-state index contributed by atoms with van der Waals surface area (Å²) in [6, 6.07) is 15.5. The van der Waals surface area contributed by atoms with E-state index in [0.29, 0.717) is 12.4 Å². The van der Waals surface area contributed by atoms with Gasteiger partial charge in [0.15, 0.2) is 0 Å². The normalized spacial score (nSPS) is 14.5. The Balaban J connectivity index is 1.11. The number of benzene rings is 2. The second kappa shape index (κ2) is 9.51. The molecule has 0 radical (unpaired) electrons. The highest BCUT2D eigenvalue weighted by Crippen LogP contribution is 2.33. The number of hydrogen-bond donors (Lipinski definition) is 3. The van der Waals surface area contributed by atoms with Gasteiger partial charge < -0.3 is 10.6 Å². The first-order chi connectivity index (χ1) is 18.0. The number of aryl methyl sites for hydroxylation is 2. The number of rotatable bonds is 6. The number of thiophene rings is 1. The van der Waals surface area contributed by atoms with Gasteiger partial charge in [-0.3, -0.25) is 9.59 Å². The zero-order valence-electron chi connectivity index (χ0n) is 19.9. The molecule has 0 bridgehead atoms. The lowest BCUT2D eigenvalue weighted by Crippen LogP contribution is -2.29. The topological polar surface area (TPSA) is 138 Å². The molecule has 2 amide bonds. The number of aromatic nitrogens is 6. The zero-order chi connectivity index (χ0) is 25.4. The third-order valence-electron chi connectivity index (χ3n) is 6.42. The summed E-state index contributed by atoms with van der Waals surface area (Å²) >= 11 is 1.72. The van der Waals surface area contributed by atoms with Crippen LogP contribution in [0.15, 0.2) is 54.9 Å². The van der Waals surface area contributed by atoms with E-state index in [2.05, 4.69) is 66.3 Å². The predicted octanol–water partition coefficient (Wildman–Crippen LogP) is 3.53. The number of nitrogens with one attached hydrogen (secondary N) is 3. The van der Waals surface area contributed by atoms with Crippen molar-refractivity contribution in [1.82, 2.24) is 41.2 Å². The van der Waals surface area contributed by atoms with Crippen molar-refractivity contribution < 1.29 is 9.59 Å². The van der Waals surface area contributed by atoms with Crippen LogP contribution in [0, 0.1) is 6.92 Å². The number of carbonyl (C=O) groups excluding carboxylic acids is 2. The first kappa shape index (κ1) is 22.9. The van der Waals surface area contributed by atoms with E-state index in [4.69, 9.17) is 0 Å². The van der Waals surface area contributed by atoms with Crippen LogP contribution in [0.25, 0.3) is 21.5 Å². The van der Waals surface area contributed by atoms with Crippen molar-refractivity contribution in [3.63, 3.8) is 0 Å². The molecule has 3 heterocycles. The fourth-order valence-corrected chi connectivity index (χ4v) is 5.61. The van der Waals surface area contributed by atoms with Gasteiger partial charge in [-0.05, 0) is 65.3 Å². The van der Waals surface area contributed by atoms with Crippen LogP contribution in [0.5, 0.6) is 0 Å². The maximum Gasteiger partial charge on any atom is 0.270 e. The molecule has 3 N–H and O–H groups in total. The summed E-state index contributed by atoms with van der Waals surface area (Å²) in [6.07, 6.45) is 2.83. The molecule has 6 rings (SSSR count). The van der Waals surface area contributed by atoms with Gasteiger partial charge in [0.25, 0.3) is 11.8 Å². The standard InChI is InChI=1S/C26H22N8O2S/c1-14-8-17-3-2-15(9-23(17)37-14)12-27-25(35)21-11-22(29-13-28-21)26(36)30-20-7-5-16-10-18(4-6-19(16)20)24-31-33-34-32-24/h2-4,6,8-11,13,20H,5,7,12H2,1H3,(H,27,35)(H,30,36)(H,31,32,33,34)/t20-/m0/s1. The Morgan fingerprint density at radius 2 is 1.92 bits per heavy atom. The maximum absolute atomic E-state index is 13.0. The average Bonchev–Trinajstić information content (AvgIpc) is 3.66. The molecule has 11 heteroatoms. The number of fused-ring (bicyclic) bond motifs is 2. The fourth-order valence-electron chi connectivity index (χ4n) is 4.62. The SMILES string of the molecule is Cc1cc2ccc(CNC(=O)c3cc(C(=O)N[C@H]4CCc5cc(-c6nn[nH]n6)ccc54)ncn3)cc2s1. The molecule has 0 saturated carbocycles. The molecular formula is C26H22N8O2S. The van der Waals surface area contributed by atoms with Gasteiger partial charge in [-0.1, -0.05) is 24.3 Å². The molecule has 1 aliphatic carbocycles. The summed E-state index contributed by atoms with van der Waals surface area (Å²) in [6.45, 7) is 2.44. The zero-order valence-corrected chi connectivity index (χ0v) is 20.7. The minimum absolute atomic E-state index is 0.143. The van der Waals surface area contributed by atoms with Gasteiger partial charge in [0.1, 0.15) is 17.7 Å². The summed E-state index contributed by atoms with van der Waals surface area (Å²) in [7, 11) is 0. The van der Waals surface area contributed by atoms with Gasteiger partial charge in [-0.15, -0.1) is 21.5 Å². The molecule has 37 heavy (non-hydrogen) atoms. The second-order valence-corrected chi connectivity index (χ2v) is 10.2. The Kier molecular flexibility index (Phi) is 5.89. The van der Waals surface area contributed by atoms with Crippen LogP contribution in [-0.4, -0.2) is 42.4 Å². The van der Waals surface area contributed by atoms with E-state index in [0.717, 1.165) is 35.1 Å². The summed E-state index contributed by atoms with van der Waals surface area (Å²) in [5.41, 5.74) is 4.34. The Bertz CT molecular complexity index is 1630. The Hall–Kier alpha value is -4.51. The number of tetrazole rings is 1. The molecule has 10 nitrogen and oxygen atoms in total. The quantitative estimate of drug-likeness (QED) is 0.318. The van der Waals surface area contributed by atoms with Crippen LogP contribution in [0.3, 0.4) is 0 Å². The molecule has 2 aromatic carbocycles. The fraction of sp³-hybridized carbons (Fsp3) is 0.192. The van der Waals surface area contributed by atoms with Crippen molar-refractivity contribution >= 4 is 33.2 Å². The molecule has 1 aliphatic rings. The van der Waals surface area contributed by atoms with Crippen LogP contribution >= 0.6 is 11.3 Å². The highest BCUT2D eigenvalue weighted by Gasteiger charge is 2.26. The van der Waals surface area contributed by atoms with Gasteiger partial charge in [-0.2, -0.15) is 5.21 Å². The van der Waals surface area contributed by atoms with Crippen LogP contribution in [0.4, 0.5) is 0 Å². The van der Waals surface area contributed by atoms with E-state index in [1.165, 1.54) is 27.4 Å². The van der Waals surface area contributed by atoms with Gasteiger partial charge in [-0.25, -0.2) is 9.97 Å². The Labute approximate surface area is 215 Å². The minimum atomic E-state index is -0.362. The average molecular weight is 511 g/mol. The molecule has 0 saturated heterocycles. The third-order valence-corrected chi connectivity index (χ3v) is 7.44. The number of aromatic amines is 1. The first-order valence-electron chi connectivity index (χ1n) is 11.8. The molecule has 0 spiro atoms. The number of carbonyl (C=O) groups is 2. The largest absolute Gasteiger partial charge is 0.347 e. The second-order valence-electron chi connectivity index (χ2n) is 8.91. The van der Waals surface area contributed by atoms with E-state index >= 15 is 0 Å². The monoisotopic (exact) mass is 510 g/mol. The molecule has 5 aromatic rings. The number of nitrogens with zero attached hydrogens (tertiary/aromatic N) is 5. The molecule has 0 unspecified atom stereocenters. The molecule has 3 aromatic heterocycles. The molecule has 0 aliphatic heterocycles. The molecule has 1 atom stereocenters. The summed E-state index contributed by atoms with van der Waals surface area (Å²) in [5, 5.41) is 21.2. The van der Waals surface area contributed by atoms with E-state index in [9.17, 15) is 9.59 Å². The van der Waals surface area contributed by atoms with Crippen molar-refractivity contribution in [2.24, 2.45) is 0 Å². The van der Waals surface area contributed by atoms with E-state index in [-0.39, 0.29) is 29.2 Å². The highest BCUT2D eigenvalue weighted by atomic mass is 32.1. The summed E-state index contributed by atoms with van der Waals surface area (Å²) in [4.78, 5) is 35.1. The van der Waals surface area contributed by atoms with Crippen LogP contribution in [-0.2, 0) is 13.0 Å². The number of hydrogen-bond acceptors (Lipinski definition) is 8. The third kappa shape index (κ3) is 4.68. The highest BCUT2D eigenvalue weighted by molar-refractivity contribution is 7.19. The first-order valence-corrected chi connectivity index (χ1v) is 12.6. The smallest absolute Gasteiger partial charge is 0.270 e. The van der Waals surface area contributed by atoms with Crippen molar-refractivity contribution in [3.8, 4) is 11.4 Å². The van der Waals surface area contributed by atoms with Crippen molar-refractivity contribution in [3.05, 3.63) is 87.8 Å². The molecule has 0 fully saturated rings. The van der Waals surface area contributed by atoms with Gasteiger partial charge in [0.05, 0.1) is 6.04 Å².